The summed E-state index contributed by atoms with van der Waals surface area (Å²) in [6, 6.07) is 14.2. The van der Waals surface area contributed by atoms with Crippen LogP contribution in [0.5, 0.6) is 0 Å². The van der Waals surface area contributed by atoms with Crippen molar-refractivity contribution in [1.29, 1.82) is 0 Å². The zero-order valence-corrected chi connectivity index (χ0v) is 13.4. The van der Waals surface area contributed by atoms with Gasteiger partial charge in [0, 0.05) is 6.20 Å². The van der Waals surface area contributed by atoms with E-state index in [1.165, 1.54) is 0 Å². The number of fused-ring (bicyclic) bond motifs is 1. The second kappa shape index (κ2) is 6.58. The first-order chi connectivity index (χ1) is 11.8. The van der Waals surface area contributed by atoms with Gasteiger partial charge in [-0.05, 0) is 29.3 Å². The molecule has 3 aromatic rings. The Labute approximate surface area is 142 Å². The molecule has 4 nitrogen and oxygen atoms in total. The van der Waals surface area contributed by atoms with Crippen molar-refractivity contribution in [3.05, 3.63) is 66.0 Å². The van der Waals surface area contributed by atoms with Gasteiger partial charge in [-0.2, -0.15) is 18.3 Å². The molecule has 0 aliphatic heterocycles. The highest BCUT2D eigenvalue weighted by molar-refractivity contribution is 5.86. The molecule has 0 spiro atoms. The summed E-state index contributed by atoms with van der Waals surface area (Å²) in [4.78, 5) is 12.1. The minimum Gasteiger partial charge on any atom is -0.348 e. The third-order valence-corrected chi connectivity index (χ3v) is 3.90. The Morgan fingerprint density at radius 3 is 2.60 bits per heavy atom. The van der Waals surface area contributed by atoms with Crippen molar-refractivity contribution in [3.8, 4) is 0 Å². The highest BCUT2D eigenvalue weighted by atomic mass is 19.4. The van der Waals surface area contributed by atoms with E-state index in [4.69, 9.17) is 0 Å². The van der Waals surface area contributed by atoms with Gasteiger partial charge in [0.2, 0.25) is 5.91 Å². The monoisotopic (exact) mass is 347 g/mol. The smallest absolute Gasteiger partial charge is 0.348 e. The first-order valence-corrected chi connectivity index (χ1v) is 7.72. The molecular formula is C18H16F3N3O. The van der Waals surface area contributed by atoms with Crippen LogP contribution < -0.4 is 5.32 Å². The standard InChI is InChI=1S/C18H16F3N3O/c1-12(14-8-4-6-13-5-2-3-7-15(13)14)22-17(25)11-24-10-9-16(23-24)18(19,20)21/h2-10,12H,11H2,1H3,(H,22,25)/t12-/m0/s1. The SMILES string of the molecule is C[C@H](NC(=O)Cn1ccc(C(F)(F)F)n1)c1cccc2ccccc12. The maximum absolute atomic E-state index is 12.5. The lowest BCUT2D eigenvalue weighted by Gasteiger charge is -2.16. The number of alkyl halides is 3. The van der Waals surface area contributed by atoms with E-state index in [0.717, 1.165) is 33.3 Å². The van der Waals surface area contributed by atoms with Crippen LogP contribution in [0.2, 0.25) is 0 Å². The number of benzene rings is 2. The topological polar surface area (TPSA) is 46.9 Å². The molecule has 25 heavy (non-hydrogen) atoms. The Morgan fingerprint density at radius 1 is 1.16 bits per heavy atom. The predicted molar refractivity (Wildman–Crippen MR) is 87.7 cm³/mol. The number of aromatic nitrogens is 2. The molecule has 0 aliphatic rings. The number of carbonyl (C=O) groups excluding carboxylic acids is 1. The van der Waals surface area contributed by atoms with Crippen LogP contribution in [0.1, 0.15) is 24.2 Å². The lowest BCUT2D eigenvalue weighted by Crippen LogP contribution is -2.30. The number of nitrogens with one attached hydrogen (secondary N) is 1. The van der Waals surface area contributed by atoms with Crippen LogP contribution in [0.25, 0.3) is 10.8 Å². The molecule has 0 bridgehead atoms. The fraction of sp³-hybridized carbons (Fsp3) is 0.222. The van der Waals surface area contributed by atoms with Crippen LogP contribution in [0.15, 0.2) is 54.7 Å². The summed E-state index contributed by atoms with van der Waals surface area (Å²) in [5.41, 5.74) is -0.0645. The first kappa shape index (κ1) is 17.0. The summed E-state index contributed by atoms with van der Waals surface area (Å²) >= 11 is 0. The normalized spacial score (nSPS) is 13.0. The molecule has 1 aromatic heterocycles. The Morgan fingerprint density at radius 2 is 1.88 bits per heavy atom. The molecule has 1 heterocycles. The van der Waals surface area contributed by atoms with Gasteiger partial charge in [0.25, 0.3) is 0 Å². The van der Waals surface area contributed by atoms with Crippen molar-refractivity contribution in [1.82, 2.24) is 15.1 Å². The number of halogens is 3. The molecule has 0 aliphatic carbocycles. The number of carbonyl (C=O) groups is 1. The van der Waals surface area contributed by atoms with E-state index in [0.29, 0.717) is 0 Å². The van der Waals surface area contributed by atoms with Gasteiger partial charge in [-0.25, -0.2) is 0 Å². The zero-order chi connectivity index (χ0) is 18.0. The Kier molecular flexibility index (Phi) is 4.48. The largest absolute Gasteiger partial charge is 0.435 e. The van der Waals surface area contributed by atoms with Crippen molar-refractivity contribution in [3.63, 3.8) is 0 Å². The van der Waals surface area contributed by atoms with Crippen molar-refractivity contribution >= 4 is 16.7 Å². The fourth-order valence-electron chi connectivity index (χ4n) is 2.74. The molecular weight excluding hydrogens is 331 g/mol. The lowest BCUT2D eigenvalue weighted by molar-refractivity contribution is -0.141. The van der Waals surface area contributed by atoms with E-state index in [1.807, 2.05) is 49.4 Å². The number of rotatable bonds is 4. The molecule has 7 heteroatoms. The Bertz CT molecular complexity index is 896. The maximum atomic E-state index is 12.5. The van der Waals surface area contributed by atoms with Crippen LogP contribution >= 0.6 is 0 Å². The molecule has 0 saturated heterocycles. The molecule has 0 unspecified atom stereocenters. The van der Waals surface area contributed by atoms with E-state index < -0.39 is 17.8 Å². The molecule has 1 amide bonds. The molecule has 130 valence electrons. The van der Waals surface area contributed by atoms with Crippen molar-refractivity contribution < 1.29 is 18.0 Å². The van der Waals surface area contributed by atoms with Gasteiger partial charge in [0.15, 0.2) is 5.69 Å². The van der Waals surface area contributed by atoms with Crippen molar-refractivity contribution in [2.24, 2.45) is 0 Å². The molecule has 0 radical (unpaired) electrons. The average molecular weight is 347 g/mol. The van der Waals surface area contributed by atoms with Crippen molar-refractivity contribution in [2.75, 3.05) is 0 Å². The minimum atomic E-state index is -4.52. The van der Waals surface area contributed by atoms with Crippen LogP contribution in [-0.4, -0.2) is 15.7 Å². The number of nitrogens with zero attached hydrogens (tertiary/aromatic N) is 2. The molecule has 0 fully saturated rings. The number of hydrogen-bond acceptors (Lipinski definition) is 2. The van der Waals surface area contributed by atoms with Gasteiger partial charge in [-0.1, -0.05) is 42.5 Å². The highest BCUT2D eigenvalue weighted by Gasteiger charge is 2.33. The fourth-order valence-corrected chi connectivity index (χ4v) is 2.74. The summed E-state index contributed by atoms with van der Waals surface area (Å²) in [7, 11) is 0. The van der Waals surface area contributed by atoms with Gasteiger partial charge in [-0.15, -0.1) is 0 Å². The quantitative estimate of drug-likeness (QED) is 0.777. The van der Waals surface area contributed by atoms with Gasteiger partial charge in [-0.3, -0.25) is 9.48 Å². The van der Waals surface area contributed by atoms with Gasteiger partial charge in [0.05, 0.1) is 6.04 Å². The molecule has 0 saturated carbocycles. The van der Waals surface area contributed by atoms with Crippen LogP contribution in [0, 0.1) is 0 Å². The van der Waals surface area contributed by atoms with E-state index in [9.17, 15) is 18.0 Å². The van der Waals surface area contributed by atoms with E-state index in [2.05, 4.69) is 10.4 Å². The van der Waals surface area contributed by atoms with Crippen molar-refractivity contribution in [2.45, 2.75) is 25.7 Å². The highest BCUT2D eigenvalue weighted by Crippen LogP contribution is 2.27. The minimum absolute atomic E-state index is 0.273. The molecule has 2 aromatic carbocycles. The molecule has 1 atom stereocenters. The second-order valence-electron chi connectivity index (χ2n) is 5.75. The van der Waals surface area contributed by atoms with E-state index in [-0.39, 0.29) is 12.6 Å². The van der Waals surface area contributed by atoms with Crippen LogP contribution in [0.3, 0.4) is 0 Å². The van der Waals surface area contributed by atoms with Gasteiger partial charge >= 0.3 is 6.18 Å². The van der Waals surface area contributed by atoms with Gasteiger partial charge < -0.3 is 5.32 Å². The molecule has 3 rings (SSSR count). The summed E-state index contributed by atoms with van der Waals surface area (Å²) in [5.74, 6) is -0.405. The second-order valence-corrected chi connectivity index (χ2v) is 5.75. The summed E-state index contributed by atoms with van der Waals surface area (Å²) in [5, 5.41) is 8.27. The van der Waals surface area contributed by atoms with Crippen LogP contribution in [-0.2, 0) is 17.5 Å². The van der Waals surface area contributed by atoms with Crippen LogP contribution in [0.4, 0.5) is 13.2 Å². The summed E-state index contributed by atoms with van der Waals surface area (Å²) < 4.78 is 38.6. The Hall–Kier alpha value is -2.83. The predicted octanol–water partition coefficient (Wildman–Crippen LogP) is 3.93. The summed E-state index contributed by atoms with van der Waals surface area (Å²) in [6.07, 6.45) is -3.37. The summed E-state index contributed by atoms with van der Waals surface area (Å²) in [6.45, 7) is 1.56. The van der Waals surface area contributed by atoms with E-state index in [1.54, 1.807) is 0 Å². The maximum Gasteiger partial charge on any atom is 0.435 e. The lowest BCUT2D eigenvalue weighted by atomic mass is 10.00. The zero-order valence-electron chi connectivity index (χ0n) is 13.4. The third-order valence-electron chi connectivity index (χ3n) is 3.90. The molecule has 1 N–H and O–H groups in total. The number of hydrogen-bond donors (Lipinski definition) is 1. The van der Waals surface area contributed by atoms with E-state index >= 15 is 0 Å². The van der Waals surface area contributed by atoms with Gasteiger partial charge in [0.1, 0.15) is 6.54 Å². The number of amides is 1. The first-order valence-electron chi connectivity index (χ1n) is 7.72. The average Bonchev–Trinajstić information content (AvgIpc) is 3.02. The Balaban J connectivity index is 1.71. The third kappa shape index (κ3) is 3.81.